The Morgan fingerprint density at radius 2 is 2.25 bits per heavy atom. The van der Waals surface area contributed by atoms with Crippen molar-refractivity contribution >= 4 is 48.5 Å². The number of rotatable bonds is 2. The van der Waals surface area contributed by atoms with Crippen LogP contribution in [0.15, 0.2) is 16.6 Å². The molecule has 1 aromatic heterocycles. The molecular formula is C10H10BrN3OS. The topological polar surface area (TPSA) is 54.0 Å². The zero-order chi connectivity index (χ0) is 11.7. The van der Waals surface area contributed by atoms with Gasteiger partial charge in [0.2, 0.25) is 11.0 Å². The monoisotopic (exact) mass is 299 g/mol. The summed E-state index contributed by atoms with van der Waals surface area (Å²) in [6.45, 7) is 3.48. The highest BCUT2D eigenvalue weighted by molar-refractivity contribution is 9.10. The van der Waals surface area contributed by atoms with Crippen LogP contribution in [0.4, 0.5) is 5.13 Å². The lowest BCUT2D eigenvalue weighted by Gasteiger charge is -1.99. The third-order valence-electron chi connectivity index (χ3n) is 1.94. The van der Waals surface area contributed by atoms with Crippen LogP contribution in [0.5, 0.6) is 0 Å². The van der Waals surface area contributed by atoms with Crippen LogP contribution < -0.4 is 10.9 Å². The fourth-order valence-electron chi connectivity index (χ4n) is 1.31. The second-order valence-corrected chi connectivity index (χ2v) is 5.30. The van der Waals surface area contributed by atoms with Gasteiger partial charge in [-0.05, 0) is 40.5 Å². The van der Waals surface area contributed by atoms with Crippen LogP contribution in [0.25, 0.3) is 10.2 Å². The molecule has 1 amide bonds. The molecule has 6 heteroatoms. The third-order valence-corrected chi connectivity index (χ3v) is 3.46. The molecule has 0 saturated carbocycles. The maximum atomic E-state index is 10.7. The molecule has 84 valence electrons. The first-order chi connectivity index (χ1) is 7.56. The third kappa shape index (κ3) is 2.33. The quantitative estimate of drug-likeness (QED) is 0.839. The minimum absolute atomic E-state index is 0.144. The Balaban J connectivity index is 2.36. The van der Waals surface area contributed by atoms with Crippen LogP contribution in [0.1, 0.15) is 12.5 Å². The molecule has 2 N–H and O–H groups in total. The highest BCUT2D eigenvalue weighted by Crippen LogP contribution is 2.31. The van der Waals surface area contributed by atoms with E-state index in [1.54, 1.807) is 0 Å². The fraction of sp³-hybridized carbons (Fsp3) is 0.200. The van der Waals surface area contributed by atoms with Crippen molar-refractivity contribution < 1.29 is 4.79 Å². The van der Waals surface area contributed by atoms with Crippen molar-refractivity contribution in [3.63, 3.8) is 0 Å². The van der Waals surface area contributed by atoms with E-state index in [4.69, 9.17) is 0 Å². The number of aromatic nitrogens is 1. The number of hydrogen-bond acceptors (Lipinski definition) is 4. The predicted molar refractivity (Wildman–Crippen MR) is 69.5 cm³/mol. The summed E-state index contributed by atoms with van der Waals surface area (Å²) >= 11 is 4.97. The number of benzene rings is 1. The Morgan fingerprint density at radius 1 is 1.50 bits per heavy atom. The Bertz CT molecular complexity index is 552. The maximum absolute atomic E-state index is 10.7. The number of carbonyl (C=O) groups is 1. The van der Waals surface area contributed by atoms with Crippen LogP contribution in [-0.2, 0) is 4.79 Å². The van der Waals surface area contributed by atoms with Gasteiger partial charge in [-0.1, -0.05) is 11.3 Å². The summed E-state index contributed by atoms with van der Waals surface area (Å²) in [5.74, 6) is -0.144. The molecule has 0 aliphatic rings. The van der Waals surface area contributed by atoms with Crippen LogP contribution in [0.3, 0.4) is 0 Å². The van der Waals surface area contributed by atoms with Gasteiger partial charge in [0.05, 0.1) is 10.2 Å². The zero-order valence-electron chi connectivity index (χ0n) is 8.80. The molecule has 4 nitrogen and oxygen atoms in total. The SMILES string of the molecule is CC(=O)NNc1nc2c(Br)cc(C)cc2s1. The fourth-order valence-corrected chi connectivity index (χ4v) is 3.05. The number of carbonyl (C=O) groups excluding carboxylic acids is 1. The summed E-state index contributed by atoms with van der Waals surface area (Å²) in [7, 11) is 0. The number of thiazole rings is 1. The van der Waals surface area contributed by atoms with Crippen molar-refractivity contribution in [1.29, 1.82) is 0 Å². The number of nitrogens with one attached hydrogen (secondary N) is 2. The average molecular weight is 300 g/mol. The van der Waals surface area contributed by atoms with Crippen LogP contribution in [-0.4, -0.2) is 10.9 Å². The van der Waals surface area contributed by atoms with Gasteiger partial charge in [-0.2, -0.15) is 0 Å². The van der Waals surface area contributed by atoms with Gasteiger partial charge in [-0.25, -0.2) is 4.98 Å². The van der Waals surface area contributed by atoms with Gasteiger partial charge in [0, 0.05) is 11.4 Å². The molecule has 0 aliphatic carbocycles. The minimum atomic E-state index is -0.144. The number of hydrazine groups is 1. The smallest absolute Gasteiger partial charge is 0.235 e. The summed E-state index contributed by atoms with van der Waals surface area (Å²) in [6.07, 6.45) is 0. The van der Waals surface area contributed by atoms with Crippen LogP contribution in [0, 0.1) is 6.92 Å². The Morgan fingerprint density at radius 3 is 2.94 bits per heavy atom. The molecule has 0 saturated heterocycles. The standard InChI is InChI=1S/C10H10BrN3OS/c1-5-3-7(11)9-8(4-5)16-10(12-9)14-13-6(2)15/h3-4H,1-2H3,(H,12,14)(H,13,15). The van der Waals surface area contributed by atoms with Crippen molar-refractivity contribution in [3.05, 3.63) is 22.2 Å². The molecule has 0 unspecified atom stereocenters. The average Bonchev–Trinajstić information content (AvgIpc) is 2.57. The van der Waals surface area contributed by atoms with E-state index in [1.807, 2.05) is 13.0 Å². The number of nitrogens with zero attached hydrogens (tertiary/aromatic N) is 1. The Labute approximate surface area is 105 Å². The van der Waals surface area contributed by atoms with E-state index >= 15 is 0 Å². The maximum Gasteiger partial charge on any atom is 0.235 e. The van der Waals surface area contributed by atoms with Crippen LogP contribution >= 0.6 is 27.3 Å². The molecule has 16 heavy (non-hydrogen) atoms. The minimum Gasteiger partial charge on any atom is -0.274 e. The normalized spacial score (nSPS) is 10.4. The molecule has 0 fully saturated rings. The molecule has 2 rings (SSSR count). The first-order valence-corrected chi connectivity index (χ1v) is 6.26. The molecular weight excluding hydrogens is 290 g/mol. The molecule has 1 aromatic carbocycles. The van der Waals surface area contributed by atoms with Gasteiger partial charge >= 0.3 is 0 Å². The second kappa shape index (κ2) is 4.39. The number of anilines is 1. The van der Waals surface area contributed by atoms with Gasteiger partial charge in [0.15, 0.2) is 0 Å². The van der Waals surface area contributed by atoms with Crippen molar-refractivity contribution in [2.75, 3.05) is 5.43 Å². The molecule has 2 aromatic rings. The van der Waals surface area contributed by atoms with Gasteiger partial charge < -0.3 is 0 Å². The first kappa shape index (κ1) is 11.3. The molecule has 0 spiro atoms. The van der Waals surface area contributed by atoms with Crippen LogP contribution in [0.2, 0.25) is 0 Å². The van der Waals surface area contributed by atoms with E-state index in [9.17, 15) is 4.79 Å². The highest BCUT2D eigenvalue weighted by Gasteiger charge is 2.07. The summed E-state index contributed by atoms with van der Waals surface area (Å²) in [5.41, 5.74) is 7.35. The van der Waals surface area contributed by atoms with E-state index in [0.29, 0.717) is 5.13 Å². The summed E-state index contributed by atoms with van der Waals surface area (Å²) in [5, 5.41) is 0.677. The lowest BCUT2D eigenvalue weighted by Crippen LogP contribution is -2.26. The number of hydrogen-bond donors (Lipinski definition) is 2. The highest BCUT2D eigenvalue weighted by atomic mass is 79.9. The Hall–Kier alpha value is -1.14. The van der Waals surface area contributed by atoms with E-state index in [0.717, 1.165) is 14.7 Å². The van der Waals surface area contributed by atoms with Crippen molar-refractivity contribution in [3.8, 4) is 0 Å². The molecule has 0 atom stereocenters. The first-order valence-electron chi connectivity index (χ1n) is 4.65. The summed E-state index contributed by atoms with van der Waals surface area (Å²) < 4.78 is 2.05. The molecule has 1 heterocycles. The van der Waals surface area contributed by atoms with Gasteiger partial charge in [-0.15, -0.1) is 0 Å². The van der Waals surface area contributed by atoms with Gasteiger partial charge in [-0.3, -0.25) is 15.6 Å². The van der Waals surface area contributed by atoms with E-state index < -0.39 is 0 Å². The number of aryl methyl sites for hydroxylation is 1. The number of amides is 1. The van der Waals surface area contributed by atoms with E-state index in [-0.39, 0.29) is 5.91 Å². The molecule has 0 aliphatic heterocycles. The van der Waals surface area contributed by atoms with Crippen molar-refractivity contribution in [1.82, 2.24) is 10.4 Å². The van der Waals surface area contributed by atoms with Crippen molar-refractivity contribution in [2.45, 2.75) is 13.8 Å². The predicted octanol–water partition coefficient (Wildman–Crippen LogP) is 2.83. The lowest BCUT2D eigenvalue weighted by atomic mass is 10.2. The van der Waals surface area contributed by atoms with E-state index in [2.05, 4.69) is 37.8 Å². The number of halogens is 1. The largest absolute Gasteiger partial charge is 0.274 e. The zero-order valence-corrected chi connectivity index (χ0v) is 11.2. The molecule has 0 radical (unpaired) electrons. The van der Waals surface area contributed by atoms with E-state index in [1.165, 1.54) is 23.8 Å². The van der Waals surface area contributed by atoms with Gasteiger partial charge in [0.1, 0.15) is 0 Å². The second-order valence-electron chi connectivity index (χ2n) is 3.42. The summed E-state index contributed by atoms with van der Waals surface area (Å²) in [4.78, 5) is 15.1. The van der Waals surface area contributed by atoms with Crippen molar-refractivity contribution in [2.24, 2.45) is 0 Å². The summed E-state index contributed by atoms with van der Waals surface area (Å²) in [6, 6.07) is 4.08. The van der Waals surface area contributed by atoms with Gasteiger partial charge in [0.25, 0.3) is 0 Å². The number of fused-ring (bicyclic) bond motifs is 1. The Kier molecular flexibility index (Phi) is 3.11. The molecule has 0 bridgehead atoms. The lowest BCUT2D eigenvalue weighted by molar-refractivity contribution is -0.118.